The Bertz CT molecular complexity index is 440. The zero-order valence-electron chi connectivity index (χ0n) is 6.80. The second-order valence-electron chi connectivity index (χ2n) is 2.74. The van der Waals surface area contributed by atoms with Gasteiger partial charge in [-0.15, -0.1) is 0 Å². The molecule has 1 aromatic heterocycles. The Kier molecular flexibility index (Phi) is 3.02. The van der Waals surface area contributed by atoms with E-state index in [-0.39, 0.29) is 0 Å². The largest absolute Gasteiger partial charge is 0.256 e. The highest BCUT2D eigenvalue weighted by Crippen LogP contribution is 2.23. The summed E-state index contributed by atoms with van der Waals surface area (Å²) in [5.74, 6) is 0. The summed E-state index contributed by atoms with van der Waals surface area (Å²) in [7, 11) is 0. The van der Waals surface area contributed by atoms with Crippen molar-refractivity contribution in [3.05, 3.63) is 39.6 Å². The molecule has 2 aromatic rings. The van der Waals surface area contributed by atoms with Crippen molar-refractivity contribution in [3.63, 3.8) is 0 Å². The van der Waals surface area contributed by atoms with E-state index in [9.17, 15) is 0 Å². The van der Waals surface area contributed by atoms with Crippen LogP contribution in [0.1, 0.15) is 5.56 Å². The quantitative estimate of drug-likeness (QED) is 0.530. The summed E-state index contributed by atoms with van der Waals surface area (Å²) in [5.41, 5.74) is 2.46. The zero-order chi connectivity index (χ0) is 9.26. The molecular formula is C10H7I2N. The summed E-state index contributed by atoms with van der Waals surface area (Å²) >= 11 is 4.72. The first-order chi connectivity index (χ1) is 6.33. The maximum atomic E-state index is 4.40. The number of benzene rings is 1. The maximum Gasteiger partial charge on any atom is 0.0752 e. The first-order valence-electron chi connectivity index (χ1n) is 3.91. The van der Waals surface area contributed by atoms with Crippen LogP contribution in [-0.4, -0.2) is 4.98 Å². The number of aromatic nitrogens is 1. The Labute approximate surface area is 104 Å². The molecule has 0 fully saturated rings. The molecule has 13 heavy (non-hydrogen) atoms. The molecule has 3 heteroatoms. The lowest BCUT2D eigenvalue weighted by atomic mass is 10.1. The number of pyridine rings is 1. The third-order valence-corrected chi connectivity index (χ3v) is 3.71. The fourth-order valence-electron chi connectivity index (χ4n) is 1.30. The van der Waals surface area contributed by atoms with Crippen molar-refractivity contribution < 1.29 is 0 Å². The molecule has 0 aliphatic heterocycles. The number of hydrogen-bond acceptors (Lipinski definition) is 1. The van der Waals surface area contributed by atoms with Crippen molar-refractivity contribution >= 4 is 56.1 Å². The van der Waals surface area contributed by atoms with Gasteiger partial charge in [0.25, 0.3) is 0 Å². The normalized spacial score (nSPS) is 10.6. The average Bonchev–Trinajstić information content (AvgIpc) is 2.19. The zero-order valence-corrected chi connectivity index (χ0v) is 11.1. The van der Waals surface area contributed by atoms with Crippen molar-refractivity contribution in [3.8, 4) is 0 Å². The molecule has 0 spiro atoms. The van der Waals surface area contributed by atoms with Gasteiger partial charge in [0, 0.05) is 19.6 Å². The molecule has 0 bridgehead atoms. The molecule has 1 heterocycles. The molecule has 0 N–H and O–H groups in total. The first kappa shape index (κ1) is 9.64. The van der Waals surface area contributed by atoms with Crippen LogP contribution >= 0.6 is 45.2 Å². The van der Waals surface area contributed by atoms with E-state index < -0.39 is 0 Å². The smallest absolute Gasteiger partial charge is 0.0752 e. The molecule has 66 valence electrons. The van der Waals surface area contributed by atoms with Gasteiger partial charge in [0.05, 0.1) is 5.52 Å². The van der Waals surface area contributed by atoms with Crippen LogP contribution in [0.15, 0.2) is 30.5 Å². The number of alkyl halides is 1. The Hall–Kier alpha value is 0.0900. The second kappa shape index (κ2) is 4.08. The van der Waals surface area contributed by atoms with Gasteiger partial charge in [-0.1, -0.05) is 34.7 Å². The van der Waals surface area contributed by atoms with Crippen LogP contribution in [0.2, 0.25) is 0 Å². The van der Waals surface area contributed by atoms with Gasteiger partial charge in [-0.3, -0.25) is 4.98 Å². The fourth-order valence-corrected chi connectivity index (χ4v) is 2.53. The van der Waals surface area contributed by atoms with Gasteiger partial charge in [-0.25, -0.2) is 0 Å². The Morgan fingerprint density at radius 2 is 2.08 bits per heavy atom. The number of hydrogen-bond donors (Lipinski definition) is 0. The van der Waals surface area contributed by atoms with Gasteiger partial charge >= 0.3 is 0 Å². The molecule has 1 nitrogen and oxygen atoms in total. The molecule has 2 rings (SSSR count). The van der Waals surface area contributed by atoms with Crippen LogP contribution in [0, 0.1) is 3.57 Å². The minimum atomic E-state index is 1.02. The monoisotopic (exact) mass is 395 g/mol. The van der Waals surface area contributed by atoms with Gasteiger partial charge in [0.1, 0.15) is 0 Å². The van der Waals surface area contributed by atoms with Gasteiger partial charge < -0.3 is 0 Å². The van der Waals surface area contributed by atoms with Crippen molar-refractivity contribution in [2.24, 2.45) is 0 Å². The van der Waals surface area contributed by atoms with Crippen LogP contribution in [0.4, 0.5) is 0 Å². The van der Waals surface area contributed by atoms with Gasteiger partial charge in [-0.05, 0) is 40.3 Å². The molecule has 1 aromatic carbocycles. The van der Waals surface area contributed by atoms with E-state index in [1.807, 2.05) is 12.3 Å². The summed E-state index contributed by atoms with van der Waals surface area (Å²) in [4.78, 5) is 4.40. The predicted molar refractivity (Wildman–Crippen MR) is 72.2 cm³/mol. The predicted octanol–water partition coefficient (Wildman–Crippen LogP) is 3.77. The average molecular weight is 395 g/mol. The summed E-state index contributed by atoms with van der Waals surface area (Å²) in [6.45, 7) is 0. The summed E-state index contributed by atoms with van der Waals surface area (Å²) in [6, 6.07) is 8.42. The van der Waals surface area contributed by atoms with E-state index in [4.69, 9.17) is 0 Å². The lowest BCUT2D eigenvalue weighted by molar-refractivity contribution is 1.36. The minimum Gasteiger partial charge on any atom is -0.256 e. The third-order valence-electron chi connectivity index (χ3n) is 1.94. The fraction of sp³-hybridized carbons (Fsp3) is 0.100. The van der Waals surface area contributed by atoms with Crippen LogP contribution in [0.3, 0.4) is 0 Å². The van der Waals surface area contributed by atoms with Crippen LogP contribution in [0.25, 0.3) is 10.9 Å². The van der Waals surface area contributed by atoms with E-state index in [1.54, 1.807) is 0 Å². The molecule has 0 unspecified atom stereocenters. The number of fused-ring (bicyclic) bond motifs is 1. The van der Waals surface area contributed by atoms with E-state index in [1.165, 1.54) is 14.5 Å². The van der Waals surface area contributed by atoms with E-state index in [2.05, 4.69) is 68.4 Å². The van der Waals surface area contributed by atoms with Crippen LogP contribution in [0.5, 0.6) is 0 Å². The topological polar surface area (TPSA) is 12.9 Å². The van der Waals surface area contributed by atoms with E-state index in [0.717, 1.165) is 9.94 Å². The minimum absolute atomic E-state index is 1.02. The Morgan fingerprint density at radius 1 is 1.23 bits per heavy atom. The molecular weight excluding hydrogens is 388 g/mol. The van der Waals surface area contributed by atoms with Gasteiger partial charge in [0.15, 0.2) is 0 Å². The van der Waals surface area contributed by atoms with Crippen molar-refractivity contribution in [1.82, 2.24) is 4.98 Å². The van der Waals surface area contributed by atoms with Gasteiger partial charge in [-0.2, -0.15) is 0 Å². The Balaban J connectivity index is 2.84. The molecule has 0 amide bonds. The summed E-state index contributed by atoms with van der Waals surface area (Å²) in [6.07, 6.45) is 1.86. The highest BCUT2D eigenvalue weighted by atomic mass is 127. The van der Waals surface area contributed by atoms with Crippen molar-refractivity contribution in [1.29, 1.82) is 0 Å². The second-order valence-corrected chi connectivity index (χ2v) is 4.66. The standard InChI is InChI=1S/C10H7I2N/c11-6-7-3-4-9(12)8-2-1-5-13-10(7)8/h1-5H,6H2. The molecule has 0 aliphatic rings. The molecule has 0 aliphatic carbocycles. The molecule has 0 saturated carbocycles. The lowest BCUT2D eigenvalue weighted by Gasteiger charge is -2.03. The van der Waals surface area contributed by atoms with E-state index in [0.29, 0.717) is 0 Å². The SMILES string of the molecule is ICc1ccc(I)c2cccnc12. The third kappa shape index (κ3) is 1.81. The first-order valence-corrected chi connectivity index (χ1v) is 6.51. The summed E-state index contributed by atoms with van der Waals surface area (Å²) < 4.78 is 2.29. The Morgan fingerprint density at radius 3 is 2.85 bits per heavy atom. The molecule has 0 atom stereocenters. The molecule has 0 radical (unpaired) electrons. The van der Waals surface area contributed by atoms with Crippen molar-refractivity contribution in [2.75, 3.05) is 0 Å². The summed E-state index contributed by atoms with van der Waals surface area (Å²) in [5, 5.41) is 1.26. The highest BCUT2D eigenvalue weighted by molar-refractivity contribution is 14.1. The number of rotatable bonds is 1. The maximum absolute atomic E-state index is 4.40. The number of halogens is 2. The van der Waals surface area contributed by atoms with Crippen LogP contribution < -0.4 is 0 Å². The van der Waals surface area contributed by atoms with Crippen LogP contribution in [-0.2, 0) is 4.43 Å². The van der Waals surface area contributed by atoms with E-state index >= 15 is 0 Å². The van der Waals surface area contributed by atoms with Crippen molar-refractivity contribution in [2.45, 2.75) is 4.43 Å². The highest BCUT2D eigenvalue weighted by Gasteiger charge is 2.02. The molecule has 0 saturated heterocycles. The van der Waals surface area contributed by atoms with Gasteiger partial charge in [0.2, 0.25) is 0 Å². The lowest BCUT2D eigenvalue weighted by Crippen LogP contribution is -1.87. The number of nitrogens with zero attached hydrogens (tertiary/aromatic N) is 1.